The van der Waals surface area contributed by atoms with Crippen molar-refractivity contribution in [1.29, 1.82) is 0 Å². The van der Waals surface area contributed by atoms with Crippen LogP contribution in [-0.4, -0.2) is 25.5 Å². The normalized spacial score (nSPS) is 10.0. The number of ether oxygens (including phenoxy) is 1. The summed E-state index contributed by atoms with van der Waals surface area (Å²) in [4.78, 5) is 24.1. The van der Waals surface area contributed by atoms with E-state index >= 15 is 0 Å². The molecule has 22 heavy (non-hydrogen) atoms. The first-order chi connectivity index (χ1) is 10.6. The number of amides is 2. The summed E-state index contributed by atoms with van der Waals surface area (Å²) in [6.07, 6.45) is 0. The Bertz CT molecular complexity index is 656. The highest BCUT2D eigenvalue weighted by Gasteiger charge is 2.09. The van der Waals surface area contributed by atoms with Gasteiger partial charge in [0.05, 0.1) is 25.9 Å². The SMILES string of the molecule is COc1ccc(C(N)=O)cc1NCC(=O)NCc1cccs1. The Hall–Kier alpha value is -2.54. The molecule has 7 heteroatoms. The van der Waals surface area contributed by atoms with Crippen LogP contribution in [0.2, 0.25) is 0 Å². The minimum Gasteiger partial charge on any atom is -0.495 e. The number of carbonyl (C=O) groups excluding carboxylic acids is 2. The third-order valence-corrected chi connectivity index (χ3v) is 3.84. The number of hydrogen-bond donors (Lipinski definition) is 3. The Morgan fingerprint density at radius 2 is 2.14 bits per heavy atom. The molecule has 0 unspecified atom stereocenters. The highest BCUT2D eigenvalue weighted by molar-refractivity contribution is 7.09. The molecule has 0 radical (unpaired) electrons. The topological polar surface area (TPSA) is 93.4 Å². The lowest BCUT2D eigenvalue weighted by atomic mass is 10.1. The highest BCUT2D eigenvalue weighted by Crippen LogP contribution is 2.25. The van der Waals surface area contributed by atoms with Crippen molar-refractivity contribution in [2.75, 3.05) is 19.0 Å². The lowest BCUT2D eigenvalue weighted by molar-refractivity contribution is -0.119. The van der Waals surface area contributed by atoms with E-state index in [4.69, 9.17) is 10.5 Å². The monoisotopic (exact) mass is 319 g/mol. The van der Waals surface area contributed by atoms with Crippen LogP contribution in [0.25, 0.3) is 0 Å². The molecule has 4 N–H and O–H groups in total. The summed E-state index contributed by atoms with van der Waals surface area (Å²) >= 11 is 1.58. The molecule has 2 aromatic rings. The highest BCUT2D eigenvalue weighted by atomic mass is 32.1. The Morgan fingerprint density at radius 1 is 1.32 bits per heavy atom. The van der Waals surface area contributed by atoms with Crippen LogP contribution in [-0.2, 0) is 11.3 Å². The largest absolute Gasteiger partial charge is 0.495 e. The van der Waals surface area contributed by atoms with Gasteiger partial charge in [-0.15, -0.1) is 11.3 Å². The molecule has 0 saturated carbocycles. The lowest BCUT2D eigenvalue weighted by Crippen LogP contribution is -2.29. The molecule has 2 amide bonds. The van der Waals surface area contributed by atoms with E-state index in [1.807, 2.05) is 17.5 Å². The first-order valence-corrected chi connectivity index (χ1v) is 7.49. The van der Waals surface area contributed by atoms with Crippen molar-refractivity contribution in [2.45, 2.75) is 6.54 Å². The van der Waals surface area contributed by atoms with Crippen LogP contribution >= 0.6 is 11.3 Å². The number of benzene rings is 1. The van der Waals surface area contributed by atoms with Gasteiger partial charge < -0.3 is 21.1 Å². The van der Waals surface area contributed by atoms with Crippen LogP contribution in [0.3, 0.4) is 0 Å². The summed E-state index contributed by atoms with van der Waals surface area (Å²) in [5.41, 5.74) is 6.14. The van der Waals surface area contributed by atoms with Crippen molar-refractivity contribution in [1.82, 2.24) is 5.32 Å². The van der Waals surface area contributed by atoms with E-state index < -0.39 is 5.91 Å². The zero-order valence-electron chi connectivity index (χ0n) is 12.1. The van der Waals surface area contributed by atoms with Gasteiger partial charge >= 0.3 is 0 Å². The minimum absolute atomic E-state index is 0.0734. The Balaban J connectivity index is 1.93. The van der Waals surface area contributed by atoms with Crippen molar-refractivity contribution in [3.63, 3.8) is 0 Å². The van der Waals surface area contributed by atoms with E-state index in [0.717, 1.165) is 4.88 Å². The van der Waals surface area contributed by atoms with Crippen molar-refractivity contribution < 1.29 is 14.3 Å². The van der Waals surface area contributed by atoms with E-state index in [1.54, 1.807) is 29.5 Å². The summed E-state index contributed by atoms with van der Waals surface area (Å²) in [7, 11) is 1.52. The molecule has 1 aromatic carbocycles. The van der Waals surface area contributed by atoms with Crippen LogP contribution in [0.5, 0.6) is 5.75 Å². The summed E-state index contributed by atoms with van der Waals surface area (Å²) in [5.74, 6) is -0.149. The fourth-order valence-electron chi connectivity index (χ4n) is 1.84. The first kappa shape index (κ1) is 15.8. The second kappa shape index (κ2) is 7.46. The number of nitrogens with one attached hydrogen (secondary N) is 2. The zero-order chi connectivity index (χ0) is 15.9. The van der Waals surface area contributed by atoms with Gasteiger partial charge in [0, 0.05) is 10.4 Å². The van der Waals surface area contributed by atoms with Crippen molar-refractivity contribution in [3.05, 3.63) is 46.2 Å². The molecular weight excluding hydrogens is 302 g/mol. The third-order valence-electron chi connectivity index (χ3n) is 2.96. The fraction of sp³-hybridized carbons (Fsp3) is 0.200. The molecule has 0 atom stereocenters. The lowest BCUT2D eigenvalue weighted by Gasteiger charge is -2.12. The molecule has 0 aliphatic carbocycles. The van der Waals surface area contributed by atoms with Gasteiger partial charge in [-0.2, -0.15) is 0 Å². The second-order valence-corrected chi connectivity index (χ2v) is 5.52. The Kier molecular flexibility index (Phi) is 5.37. The molecule has 1 aromatic heterocycles. The predicted molar refractivity (Wildman–Crippen MR) is 86.2 cm³/mol. The number of anilines is 1. The van der Waals surface area contributed by atoms with Gasteiger partial charge in [-0.25, -0.2) is 0 Å². The van der Waals surface area contributed by atoms with Gasteiger partial charge in [-0.3, -0.25) is 9.59 Å². The van der Waals surface area contributed by atoms with Crippen LogP contribution in [0.15, 0.2) is 35.7 Å². The molecule has 0 fully saturated rings. The number of hydrogen-bond acceptors (Lipinski definition) is 5. The third kappa shape index (κ3) is 4.23. The number of methoxy groups -OCH3 is 1. The summed E-state index contributed by atoms with van der Waals surface area (Å²) in [6.45, 7) is 0.570. The average Bonchev–Trinajstić information content (AvgIpc) is 3.03. The zero-order valence-corrected chi connectivity index (χ0v) is 12.9. The van der Waals surface area contributed by atoms with Gasteiger partial charge in [0.2, 0.25) is 11.8 Å². The Morgan fingerprint density at radius 3 is 2.77 bits per heavy atom. The van der Waals surface area contributed by atoms with E-state index in [-0.39, 0.29) is 12.5 Å². The first-order valence-electron chi connectivity index (χ1n) is 6.61. The van der Waals surface area contributed by atoms with Crippen molar-refractivity contribution in [2.24, 2.45) is 5.73 Å². The molecule has 0 aliphatic rings. The van der Waals surface area contributed by atoms with Crippen molar-refractivity contribution >= 4 is 28.8 Å². The van der Waals surface area contributed by atoms with Gasteiger partial charge in [-0.1, -0.05) is 6.07 Å². The molecule has 1 heterocycles. The van der Waals surface area contributed by atoms with E-state index in [1.165, 1.54) is 7.11 Å². The minimum atomic E-state index is -0.534. The molecule has 2 rings (SSSR count). The number of carbonyl (C=O) groups is 2. The van der Waals surface area contributed by atoms with E-state index in [9.17, 15) is 9.59 Å². The van der Waals surface area contributed by atoms with Crippen LogP contribution in [0, 0.1) is 0 Å². The quantitative estimate of drug-likeness (QED) is 0.722. The molecular formula is C15H17N3O3S. The van der Waals surface area contributed by atoms with E-state index in [0.29, 0.717) is 23.5 Å². The van der Waals surface area contributed by atoms with Crippen molar-refractivity contribution in [3.8, 4) is 5.75 Å². The van der Waals surface area contributed by atoms with Gasteiger partial charge in [-0.05, 0) is 29.6 Å². The maximum atomic E-state index is 11.8. The maximum absolute atomic E-state index is 11.8. The smallest absolute Gasteiger partial charge is 0.248 e. The number of rotatable bonds is 7. The van der Waals surface area contributed by atoms with Gasteiger partial charge in [0.15, 0.2) is 0 Å². The van der Waals surface area contributed by atoms with Crippen LogP contribution in [0.4, 0.5) is 5.69 Å². The fourth-order valence-corrected chi connectivity index (χ4v) is 2.48. The standard InChI is InChI=1S/C15H17N3O3S/c1-21-13-5-4-10(15(16)20)7-12(13)17-9-14(19)18-8-11-3-2-6-22-11/h2-7,17H,8-9H2,1H3,(H2,16,20)(H,18,19). The van der Waals surface area contributed by atoms with Gasteiger partial charge in [0.1, 0.15) is 5.75 Å². The maximum Gasteiger partial charge on any atom is 0.248 e. The number of thiophene rings is 1. The molecule has 0 spiro atoms. The van der Waals surface area contributed by atoms with Crippen LogP contribution < -0.4 is 21.1 Å². The van der Waals surface area contributed by atoms with Gasteiger partial charge in [0.25, 0.3) is 0 Å². The molecule has 116 valence electrons. The molecule has 0 bridgehead atoms. The second-order valence-electron chi connectivity index (χ2n) is 4.49. The van der Waals surface area contributed by atoms with Crippen LogP contribution in [0.1, 0.15) is 15.2 Å². The molecule has 0 aliphatic heterocycles. The summed E-state index contributed by atoms with van der Waals surface area (Å²) in [5, 5.41) is 7.71. The summed E-state index contributed by atoms with van der Waals surface area (Å²) in [6, 6.07) is 8.66. The molecule has 6 nitrogen and oxygen atoms in total. The number of nitrogens with two attached hydrogens (primary N) is 1. The predicted octanol–water partition coefficient (Wildman–Crippen LogP) is 1.58. The molecule has 0 saturated heterocycles. The summed E-state index contributed by atoms with van der Waals surface area (Å²) < 4.78 is 5.19. The van der Waals surface area contributed by atoms with E-state index in [2.05, 4.69) is 10.6 Å². The Labute approximate surface area is 132 Å². The average molecular weight is 319 g/mol. The number of primary amides is 1.